The number of aromatic nitrogens is 1. The van der Waals surface area contributed by atoms with E-state index < -0.39 is 0 Å². The Morgan fingerprint density at radius 2 is 2.07 bits per heavy atom. The van der Waals surface area contributed by atoms with Gasteiger partial charge in [0.2, 0.25) is 0 Å². The number of nitrogens with one attached hydrogen (secondary N) is 1. The van der Waals surface area contributed by atoms with Crippen LogP contribution in [0.2, 0.25) is 0 Å². The maximum atomic E-state index is 5.58. The van der Waals surface area contributed by atoms with Crippen LogP contribution in [0.25, 0.3) is 11.3 Å². The van der Waals surface area contributed by atoms with Gasteiger partial charge in [-0.1, -0.05) is 23.8 Å². The van der Waals surface area contributed by atoms with E-state index >= 15 is 0 Å². The van der Waals surface area contributed by atoms with Crippen LogP contribution in [0.1, 0.15) is 11.3 Å². The molecule has 0 radical (unpaired) electrons. The molecule has 78 valence electrons. The Kier molecular flexibility index (Phi) is 2.46. The van der Waals surface area contributed by atoms with E-state index in [0.717, 1.165) is 17.0 Å². The maximum Gasteiger partial charge on any atom is 0.295 e. The molecule has 3 nitrogen and oxygen atoms in total. The fourth-order valence-electron chi connectivity index (χ4n) is 1.56. The third-order valence-corrected chi connectivity index (χ3v) is 2.29. The molecule has 2 aromatic rings. The van der Waals surface area contributed by atoms with Crippen LogP contribution in [0.5, 0.6) is 0 Å². The number of oxazole rings is 1. The summed E-state index contributed by atoms with van der Waals surface area (Å²) < 4.78 is 5.58. The van der Waals surface area contributed by atoms with Crippen LogP contribution in [-0.4, -0.2) is 12.0 Å². The molecular weight excluding hydrogens is 188 g/mol. The first-order chi connectivity index (χ1) is 7.20. The van der Waals surface area contributed by atoms with Crippen molar-refractivity contribution in [2.45, 2.75) is 13.8 Å². The molecule has 0 aliphatic carbocycles. The SMILES string of the molecule is CNc1nc(C)c(-c2cccc(C)c2)o1. The monoisotopic (exact) mass is 202 g/mol. The van der Waals surface area contributed by atoms with E-state index in [9.17, 15) is 0 Å². The highest BCUT2D eigenvalue weighted by Crippen LogP contribution is 2.26. The third kappa shape index (κ3) is 1.86. The minimum absolute atomic E-state index is 0.559. The van der Waals surface area contributed by atoms with E-state index in [2.05, 4.69) is 29.4 Å². The van der Waals surface area contributed by atoms with Crippen molar-refractivity contribution in [3.63, 3.8) is 0 Å². The highest BCUT2D eigenvalue weighted by Gasteiger charge is 2.10. The average Bonchev–Trinajstić information content (AvgIpc) is 2.60. The number of nitrogens with zero attached hydrogens (tertiary/aromatic N) is 1. The molecule has 0 aliphatic heterocycles. The molecule has 1 heterocycles. The van der Waals surface area contributed by atoms with E-state index in [1.807, 2.05) is 19.1 Å². The van der Waals surface area contributed by atoms with Gasteiger partial charge in [0.05, 0.1) is 5.69 Å². The minimum Gasteiger partial charge on any atom is -0.423 e. The predicted octanol–water partition coefficient (Wildman–Crippen LogP) is 3.00. The van der Waals surface area contributed by atoms with E-state index in [-0.39, 0.29) is 0 Å². The summed E-state index contributed by atoms with van der Waals surface area (Å²) >= 11 is 0. The fourth-order valence-corrected chi connectivity index (χ4v) is 1.56. The molecule has 0 fully saturated rings. The zero-order chi connectivity index (χ0) is 10.8. The first kappa shape index (κ1) is 9.77. The quantitative estimate of drug-likeness (QED) is 0.813. The van der Waals surface area contributed by atoms with Crippen LogP contribution in [0.15, 0.2) is 28.7 Å². The molecule has 0 amide bonds. The molecule has 15 heavy (non-hydrogen) atoms. The topological polar surface area (TPSA) is 38.1 Å². The number of anilines is 1. The minimum atomic E-state index is 0.559. The van der Waals surface area contributed by atoms with Crippen molar-refractivity contribution in [2.24, 2.45) is 0 Å². The standard InChI is InChI=1S/C12H14N2O/c1-8-5-4-6-10(7-8)11-9(2)14-12(13-3)15-11/h4-7H,1-3H3,(H,13,14). The molecule has 0 spiro atoms. The second-order valence-electron chi connectivity index (χ2n) is 3.55. The second kappa shape index (κ2) is 3.77. The van der Waals surface area contributed by atoms with Crippen molar-refractivity contribution in [2.75, 3.05) is 12.4 Å². The molecule has 0 atom stereocenters. The summed E-state index contributed by atoms with van der Waals surface area (Å²) in [7, 11) is 1.80. The number of rotatable bonds is 2. The summed E-state index contributed by atoms with van der Waals surface area (Å²) in [5, 5.41) is 2.89. The largest absolute Gasteiger partial charge is 0.423 e. The van der Waals surface area contributed by atoms with Gasteiger partial charge in [0.1, 0.15) is 0 Å². The Morgan fingerprint density at radius 1 is 1.27 bits per heavy atom. The van der Waals surface area contributed by atoms with Crippen molar-refractivity contribution in [1.82, 2.24) is 4.98 Å². The van der Waals surface area contributed by atoms with Crippen LogP contribution in [-0.2, 0) is 0 Å². The molecule has 0 saturated carbocycles. The molecule has 2 rings (SSSR count). The van der Waals surface area contributed by atoms with E-state index in [0.29, 0.717) is 6.01 Å². The lowest BCUT2D eigenvalue weighted by Crippen LogP contribution is -1.85. The molecular formula is C12H14N2O. The van der Waals surface area contributed by atoms with Gasteiger partial charge >= 0.3 is 0 Å². The first-order valence-electron chi connectivity index (χ1n) is 4.93. The molecule has 0 saturated heterocycles. The Hall–Kier alpha value is -1.77. The van der Waals surface area contributed by atoms with Crippen LogP contribution in [0, 0.1) is 13.8 Å². The Balaban J connectivity index is 2.48. The van der Waals surface area contributed by atoms with Gasteiger partial charge in [0.15, 0.2) is 5.76 Å². The molecule has 0 aliphatic rings. The molecule has 3 heteroatoms. The van der Waals surface area contributed by atoms with Gasteiger partial charge in [0.25, 0.3) is 6.01 Å². The van der Waals surface area contributed by atoms with Crippen molar-refractivity contribution < 1.29 is 4.42 Å². The molecule has 0 bridgehead atoms. The van der Waals surface area contributed by atoms with Gasteiger partial charge < -0.3 is 9.73 Å². The number of hydrogen-bond acceptors (Lipinski definition) is 3. The molecule has 1 N–H and O–H groups in total. The highest BCUT2D eigenvalue weighted by atomic mass is 16.4. The van der Waals surface area contributed by atoms with Crippen LogP contribution >= 0.6 is 0 Å². The highest BCUT2D eigenvalue weighted by molar-refractivity contribution is 5.61. The summed E-state index contributed by atoms with van der Waals surface area (Å²) in [6.45, 7) is 4.01. The van der Waals surface area contributed by atoms with Crippen LogP contribution < -0.4 is 5.32 Å². The Morgan fingerprint density at radius 3 is 2.67 bits per heavy atom. The van der Waals surface area contributed by atoms with Crippen LogP contribution in [0.3, 0.4) is 0 Å². The summed E-state index contributed by atoms with van der Waals surface area (Å²) in [6.07, 6.45) is 0. The van der Waals surface area contributed by atoms with E-state index in [1.54, 1.807) is 7.05 Å². The lowest BCUT2D eigenvalue weighted by Gasteiger charge is -1.98. The van der Waals surface area contributed by atoms with Crippen molar-refractivity contribution >= 4 is 6.01 Å². The molecule has 1 aromatic heterocycles. The lowest BCUT2D eigenvalue weighted by atomic mass is 10.1. The summed E-state index contributed by atoms with van der Waals surface area (Å²) in [4.78, 5) is 4.26. The smallest absolute Gasteiger partial charge is 0.295 e. The summed E-state index contributed by atoms with van der Waals surface area (Å²) in [6, 6.07) is 8.76. The van der Waals surface area contributed by atoms with Crippen molar-refractivity contribution in [3.05, 3.63) is 35.5 Å². The zero-order valence-electron chi connectivity index (χ0n) is 9.16. The van der Waals surface area contributed by atoms with E-state index in [1.165, 1.54) is 5.56 Å². The lowest BCUT2D eigenvalue weighted by molar-refractivity contribution is 0.589. The first-order valence-corrected chi connectivity index (χ1v) is 4.93. The third-order valence-electron chi connectivity index (χ3n) is 2.29. The van der Waals surface area contributed by atoms with Gasteiger partial charge in [0, 0.05) is 12.6 Å². The number of aryl methyl sites for hydroxylation is 2. The molecule has 0 unspecified atom stereocenters. The summed E-state index contributed by atoms with van der Waals surface area (Å²) in [5.41, 5.74) is 3.20. The Bertz CT molecular complexity index is 474. The normalized spacial score (nSPS) is 10.3. The van der Waals surface area contributed by atoms with Gasteiger partial charge in [-0.2, -0.15) is 4.98 Å². The Labute approximate surface area is 89.1 Å². The van der Waals surface area contributed by atoms with Crippen LogP contribution in [0.4, 0.5) is 6.01 Å². The number of hydrogen-bond donors (Lipinski definition) is 1. The maximum absolute atomic E-state index is 5.58. The number of benzene rings is 1. The van der Waals surface area contributed by atoms with Gasteiger partial charge in [-0.25, -0.2) is 0 Å². The van der Waals surface area contributed by atoms with Crippen molar-refractivity contribution in [3.8, 4) is 11.3 Å². The predicted molar refractivity (Wildman–Crippen MR) is 61.0 cm³/mol. The fraction of sp³-hybridized carbons (Fsp3) is 0.250. The van der Waals surface area contributed by atoms with E-state index in [4.69, 9.17) is 4.42 Å². The van der Waals surface area contributed by atoms with Gasteiger partial charge in [-0.15, -0.1) is 0 Å². The molecule has 1 aromatic carbocycles. The van der Waals surface area contributed by atoms with Gasteiger partial charge in [-0.05, 0) is 19.9 Å². The average molecular weight is 202 g/mol. The van der Waals surface area contributed by atoms with Crippen molar-refractivity contribution in [1.29, 1.82) is 0 Å². The zero-order valence-corrected chi connectivity index (χ0v) is 9.16. The second-order valence-corrected chi connectivity index (χ2v) is 3.55. The van der Waals surface area contributed by atoms with Gasteiger partial charge in [-0.3, -0.25) is 0 Å². The summed E-state index contributed by atoms with van der Waals surface area (Å²) in [5.74, 6) is 0.836.